The highest BCUT2D eigenvalue weighted by molar-refractivity contribution is 6.32. The fourth-order valence-corrected chi connectivity index (χ4v) is 3.75. The third-order valence-electron chi connectivity index (χ3n) is 5.37. The molecule has 0 bridgehead atoms. The zero-order valence-corrected chi connectivity index (χ0v) is 19.2. The van der Waals surface area contributed by atoms with Crippen LogP contribution in [-0.2, 0) is 17.9 Å². The summed E-state index contributed by atoms with van der Waals surface area (Å²) in [5.74, 6) is 0.0721. The molecule has 180 valence electrons. The lowest BCUT2D eigenvalue weighted by molar-refractivity contribution is -0.274. The molecular formula is C21H21ClF3N7O2. The van der Waals surface area contributed by atoms with Gasteiger partial charge >= 0.3 is 6.36 Å². The summed E-state index contributed by atoms with van der Waals surface area (Å²) in [5, 5.41) is 14.1. The molecule has 0 fully saturated rings. The van der Waals surface area contributed by atoms with Crippen molar-refractivity contribution in [3.63, 3.8) is 0 Å². The van der Waals surface area contributed by atoms with E-state index in [1.54, 1.807) is 10.9 Å². The number of aryl methyl sites for hydroxylation is 1. The van der Waals surface area contributed by atoms with E-state index in [2.05, 4.69) is 30.7 Å². The normalized spacial score (nSPS) is 15.7. The van der Waals surface area contributed by atoms with Crippen LogP contribution in [0.5, 0.6) is 5.75 Å². The molecule has 2 aromatic heterocycles. The van der Waals surface area contributed by atoms with Crippen LogP contribution in [0.15, 0.2) is 30.5 Å². The molecule has 3 aromatic rings. The number of fused-ring (bicyclic) bond motifs is 1. The largest absolute Gasteiger partial charge is 0.573 e. The molecule has 2 N–H and O–H groups in total. The van der Waals surface area contributed by atoms with Crippen LogP contribution in [0.4, 0.5) is 30.4 Å². The second kappa shape index (κ2) is 9.01. The van der Waals surface area contributed by atoms with Gasteiger partial charge in [0.2, 0.25) is 5.91 Å². The molecule has 4 rings (SSSR count). The van der Waals surface area contributed by atoms with Gasteiger partial charge in [0.05, 0.1) is 41.4 Å². The Bertz CT molecular complexity index is 1230. The Morgan fingerprint density at radius 1 is 1.29 bits per heavy atom. The summed E-state index contributed by atoms with van der Waals surface area (Å²) in [7, 11) is 1.85. The zero-order valence-electron chi connectivity index (χ0n) is 18.4. The van der Waals surface area contributed by atoms with Crippen molar-refractivity contribution < 1.29 is 22.7 Å². The van der Waals surface area contributed by atoms with Crippen LogP contribution >= 0.6 is 11.6 Å². The fourth-order valence-electron chi connectivity index (χ4n) is 3.51. The molecule has 0 aliphatic carbocycles. The highest BCUT2D eigenvalue weighted by Crippen LogP contribution is 2.35. The fraction of sp³-hybridized carbons (Fsp3) is 0.333. The maximum Gasteiger partial charge on any atom is 0.573 e. The zero-order chi connectivity index (χ0) is 24.6. The number of likely N-dealkylation sites (N-methyl/N-ethyl adjacent to an activating group) is 1. The minimum Gasteiger partial charge on any atom is -0.404 e. The number of ether oxygens (including phenoxy) is 1. The number of benzene rings is 1. The van der Waals surface area contributed by atoms with E-state index >= 15 is 0 Å². The van der Waals surface area contributed by atoms with Crippen LogP contribution in [0.2, 0.25) is 5.02 Å². The number of nitrogens with zero attached hydrogens (tertiary/aromatic N) is 5. The third-order valence-corrected chi connectivity index (χ3v) is 5.67. The first kappa shape index (κ1) is 23.6. The number of aromatic nitrogens is 4. The average Bonchev–Trinajstić information content (AvgIpc) is 3.20. The lowest BCUT2D eigenvalue weighted by Gasteiger charge is -2.34. The van der Waals surface area contributed by atoms with Crippen molar-refractivity contribution >= 4 is 34.7 Å². The monoisotopic (exact) mass is 495 g/mol. The molecule has 0 saturated carbocycles. The molecular weight excluding hydrogens is 475 g/mol. The number of amides is 1. The summed E-state index contributed by atoms with van der Waals surface area (Å²) in [4.78, 5) is 18.5. The van der Waals surface area contributed by atoms with Crippen molar-refractivity contribution in [1.29, 1.82) is 0 Å². The second-order valence-electron chi connectivity index (χ2n) is 7.84. The Hall–Kier alpha value is -3.54. The number of anilines is 3. The number of nitrogens with one attached hydrogen (secondary N) is 2. The SMILES string of the molecule is Cc1nc(NCc2cn(Cc3ccc(OC(F)(F)F)c(Cl)c3)nn2)cc2c1NC(=O)[C@H](C)N2C. The smallest absolute Gasteiger partial charge is 0.404 e. The first-order valence-electron chi connectivity index (χ1n) is 10.2. The number of hydrogen-bond donors (Lipinski definition) is 2. The van der Waals surface area contributed by atoms with E-state index in [4.69, 9.17) is 11.6 Å². The van der Waals surface area contributed by atoms with E-state index in [1.165, 1.54) is 12.1 Å². The van der Waals surface area contributed by atoms with E-state index in [1.807, 2.05) is 31.9 Å². The first-order valence-corrected chi connectivity index (χ1v) is 10.6. The van der Waals surface area contributed by atoms with Crippen LogP contribution in [0.25, 0.3) is 0 Å². The molecule has 1 amide bonds. The quantitative estimate of drug-likeness (QED) is 0.534. The minimum absolute atomic E-state index is 0.0824. The Morgan fingerprint density at radius 2 is 2.06 bits per heavy atom. The van der Waals surface area contributed by atoms with Gasteiger partial charge in [-0.2, -0.15) is 0 Å². The molecule has 3 heterocycles. The number of carbonyl (C=O) groups is 1. The van der Waals surface area contributed by atoms with E-state index in [-0.39, 0.29) is 23.5 Å². The molecule has 1 aliphatic heterocycles. The first-order chi connectivity index (χ1) is 16.0. The lowest BCUT2D eigenvalue weighted by Crippen LogP contribution is -2.44. The van der Waals surface area contributed by atoms with Gasteiger partial charge in [-0.3, -0.25) is 4.79 Å². The lowest BCUT2D eigenvalue weighted by atomic mass is 10.1. The Morgan fingerprint density at radius 3 is 2.76 bits per heavy atom. The molecule has 0 spiro atoms. The van der Waals surface area contributed by atoms with Gasteiger partial charge in [-0.1, -0.05) is 22.9 Å². The van der Waals surface area contributed by atoms with E-state index < -0.39 is 12.1 Å². The van der Waals surface area contributed by atoms with E-state index in [0.717, 1.165) is 11.8 Å². The topological polar surface area (TPSA) is 97.2 Å². The maximum absolute atomic E-state index is 12.4. The number of halogens is 4. The number of rotatable bonds is 6. The molecule has 0 unspecified atom stereocenters. The van der Waals surface area contributed by atoms with Gasteiger partial charge in [-0.15, -0.1) is 18.3 Å². The number of alkyl halides is 3. The molecule has 0 saturated heterocycles. The maximum atomic E-state index is 12.4. The highest BCUT2D eigenvalue weighted by Gasteiger charge is 2.32. The van der Waals surface area contributed by atoms with Gasteiger partial charge in [0.1, 0.15) is 23.3 Å². The molecule has 9 nitrogen and oxygen atoms in total. The van der Waals surface area contributed by atoms with Gasteiger partial charge < -0.3 is 20.3 Å². The predicted octanol–water partition coefficient (Wildman–Crippen LogP) is 3.97. The molecule has 1 atom stereocenters. The molecule has 1 aromatic carbocycles. The van der Waals surface area contributed by atoms with Crippen molar-refractivity contribution in [1.82, 2.24) is 20.0 Å². The highest BCUT2D eigenvalue weighted by atomic mass is 35.5. The molecule has 13 heteroatoms. The second-order valence-corrected chi connectivity index (χ2v) is 8.24. The van der Waals surface area contributed by atoms with Gasteiger partial charge in [-0.05, 0) is 31.5 Å². The summed E-state index contributed by atoms with van der Waals surface area (Å²) >= 11 is 5.90. The van der Waals surface area contributed by atoms with E-state index in [9.17, 15) is 18.0 Å². The summed E-state index contributed by atoms with van der Waals surface area (Å²) < 4.78 is 42.6. The van der Waals surface area contributed by atoms with Crippen LogP contribution in [-0.4, -0.2) is 45.3 Å². The Labute approximate surface area is 197 Å². The van der Waals surface area contributed by atoms with Crippen molar-refractivity contribution in [3.05, 3.63) is 52.4 Å². The van der Waals surface area contributed by atoms with Gasteiger partial charge in [0, 0.05) is 13.1 Å². The van der Waals surface area contributed by atoms with Gasteiger partial charge in [0.25, 0.3) is 0 Å². The Kier molecular flexibility index (Phi) is 6.26. The molecule has 1 aliphatic rings. The van der Waals surface area contributed by atoms with E-state index in [0.29, 0.717) is 35.0 Å². The number of hydrogen-bond acceptors (Lipinski definition) is 7. The van der Waals surface area contributed by atoms with Crippen LogP contribution < -0.4 is 20.3 Å². The average molecular weight is 496 g/mol. The van der Waals surface area contributed by atoms with Gasteiger partial charge in [-0.25, -0.2) is 9.67 Å². The Balaban J connectivity index is 1.41. The predicted molar refractivity (Wildman–Crippen MR) is 120 cm³/mol. The van der Waals surface area contributed by atoms with Crippen LogP contribution in [0.3, 0.4) is 0 Å². The van der Waals surface area contributed by atoms with Crippen molar-refractivity contribution in [2.45, 2.75) is 39.3 Å². The number of pyridine rings is 1. The summed E-state index contributed by atoms with van der Waals surface area (Å²) in [6.45, 7) is 4.25. The minimum atomic E-state index is -4.81. The summed E-state index contributed by atoms with van der Waals surface area (Å²) in [6.07, 6.45) is -3.10. The number of carbonyl (C=O) groups excluding carboxylic acids is 1. The van der Waals surface area contributed by atoms with Crippen molar-refractivity contribution in [2.75, 3.05) is 22.6 Å². The van der Waals surface area contributed by atoms with Crippen molar-refractivity contribution in [2.24, 2.45) is 0 Å². The van der Waals surface area contributed by atoms with Crippen molar-refractivity contribution in [3.8, 4) is 5.75 Å². The standard InChI is InChI=1S/C21H21ClF3N7O2/c1-11-19-16(31(3)12(2)20(33)28-19)7-18(27-11)26-8-14-10-32(30-29-14)9-13-4-5-17(15(22)6-13)34-21(23,24)25/h4-7,10,12H,8-9H2,1-3H3,(H,26,27)(H,28,33)/t12-/m0/s1. The molecule has 0 radical (unpaired) electrons. The van der Waals surface area contributed by atoms with Crippen LogP contribution in [0.1, 0.15) is 23.9 Å². The van der Waals surface area contributed by atoms with Gasteiger partial charge in [0.15, 0.2) is 0 Å². The van der Waals surface area contributed by atoms with Crippen LogP contribution in [0, 0.1) is 6.92 Å². The molecule has 34 heavy (non-hydrogen) atoms. The third kappa shape index (κ3) is 5.16. The summed E-state index contributed by atoms with van der Waals surface area (Å²) in [5.41, 5.74) is 3.50. The summed E-state index contributed by atoms with van der Waals surface area (Å²) in [6, 6.07) is 5.58.